The van der Waals surface area contributed by atoms with Crippen LogP contribution >= 0.6 is 0 Å². The number of carbonyl (C=O) groups excluding carboxylic acids is 1. The second-order valence-corrected chi connectivity index (χ2v) is 7.71. The van der Waals surface area contributed by atoms with Crippen LogP contribution in [0, 0.1) is 6.92 Å². The molecular formula is C23H34N6O. The van der Waals surface area contributed by atoms with E-state index in [1.165, 1.54) is 5.56 Å². The van der Waals surface area contributed by atoms with Crippen molar-refractivity contribution >= 4 is 11.9 Å². The largest absolute Gasteiger partial charge is 0.357 e. The molecule has 0 bridgehead atoms. The van der Waals surface area contributed by atoms with Crippen molar-refractivity contribution < 1.29 is 4.79 Å². The average molecular weight is 411 g/mol. The summed E-state index contributed by atoms with van der Waals surface area (Å²) in [7, 11) is 0. The van der Waals surface area contributed by atoms with Crippen molar-refractivity contribution in [2.45, 2.75) is 52.5 Å². The maximum atomic E-state index is 11.9. The Balaban J connectivity index is 1.50. The lowest BCUT2D eigenvalue weighted by atomic mass is 10.1. The van der Waals surface area contributed by atoms with E-state index in [0.29, 0.717) is 6.42 Å². The lowest BCUT2D eigenvalue weighted by molar-refractivity contribution is -0.129. The molecule has 2 heterocycles. The van der Waals surface area contributed by atoms with Gasteiger partial charge in [0.2, 0.25) is 5.91 Å². The van der Waals surface area contributed by atoms with Gasteiger partial charge in [-0.15, -0.1) is 0 Å². The molecule has 0 aliphatic carbocycles. The Morgan fingerprint density at radius 1 is 1.27 bits per heavy atom. The Hall–Kier alpha value is -2.83. The second kappa shape index (κ2) is 10.8. The zero-order chi connectivity index (χ0) is 21.3. The molecular weight excluding hydrogens is 376 g/mol. The quantitative estimate of drug-likeness (QED) is 0.399. The maximum absolute atomic E-state index is 11.9. The number of guanidine groups is 1. The molecule has 1 aromatic heterocycles. The van der Waals surface area contributed by atoms with Gasteiger partial charge in [0, 0.05) is 44.8 Å². The van der Waals surface area contributed by atoms with Gasteiger partial charge in [0.05, 0.1) is 11.4 Å². The van der Waals surface area contributed by atoms with E-state index < -0.39 is 0 Å². The van der Waals surface area contributed by atoms with Crippen molar-refractivity contribution in [3.63, 3.8) is 0 Å². The van der Waals surface area contributed by atoms with Gasteiger partial charge in [-0.3, -0.25) is 9.79 Å². The number of benzene rings is 1. The van der Waals surface area contributed by atoms with Gasteiger partial charge in [0.15, 0.2) is 5.96 Å². The predicted molar refractivity (Wildman–Crippen MR) is 121 cm³/mol. The summed E-state index contributed by atoms with van der Waals surface area (Å²) in [4.78, 5) is 18.6. The van der Waals surface area contributed by atoms with Gasteiger partial charge >= 0.3 is 0 Å². The lowest BCUT2D eigenvalue weighted by Crippen LogP contribution is -2.45. The van der Waals surface area contributed by atoms with Crippen LogP contribution in [-0.2, 0) is 11.2 Å². The Morgan fingerprint density at radius 3 is 2.80 bits per heavy atom. The highest BCUT2D eigenvalue weighted by molar-refractivity contribution is 5.80. The molecule has 2 N–H and O–H groups in total. The minimum absolute atomic E-state index is 0.229. The molecule has 162 valence electrons. The normalized spacial score (nSPS) is 16.7. The fourth-order valence-corrected chi connectivity index (χ4v) is 3.76. The van der Waals surface area contributed by atoms with Gasteiger partial charge in [0.1, 0.15) is 0 Å². The number of aliphatic imine (C=N–C) groups is 1. The third-order valence-electron chi connectivity index (χ3n) is 5.42. The summed E-state index contributed by atoms with van der Waals surface area (Å²) in [5.41, 5.74) is 3.41. The molecule has 1 aromatic carbocycles. The van der Waals surface area contributed by atoms with Crippen LogP contribution < -0.4 is 10.6 Å². The first-order chi connectivity index (χ1) is 14.6. The van der Waals surface area contributed by atoms with Crippen LogP contribution in [0.1, 0.15) is 44.4 Å². The molecule has 7 heteroatoms. The highest BCUT2D eigenvalue weighted by atomic mass is 16.2. The molecule has 3 rings (SSSR count). The maximum Gasteiger partial charge on any atom is 0.222 e. The van der Waals surface area contributed by atoms with Gasteiger partial charge in [-0.05, 0) is 50.8 Å². The SMILES string of the molecule is CCNC(=NCCCc1cn(-c2ccccc2)nc1C)NC1CCN(C(=O)CC)C1. The Morgan fingerprint density at radius 2 is 2.07 bits per heavy atom. The minimum Gasteiger partial charge on any atom is -0.357 e. The average Bonchev–Trinajstić information content (AvgIpc) is 3.38. The van der Waals surface area contributed by atoms with Gasteiger partial charge < -0.3 is 15.5 Å². The molecule has 1 fully saturated rings. The summed E-state index contributed by atoms with van der Waals surface area (Å²) < 4.78 is 1.95. The summed E-state index contributed by atoms with van der Waals surface area (Å²) in [6.07, 6.45) is 5.57. The van der Waals surface area contributed by atoms with E-state index in [9.17, 15) is 4.79 Å². The number of hydrogen-bond acceptors (Lipinski definition) is 3. The summed E-state index contributed by atoms with van der Waals surface area (Å²) in [5.74, 6) is 1.07. The smallest absolute Gasteiger partial charge is 0.222 e. The predicted octanol–water partition coefficient (Wildman–Crippen LogP) is 2.68. The van der Waals surface area contributed by atoms with E-state index in [-0.39, 0.29) is 11.9 Å². The first-order valence-electron chi connectivity index (χ1n) is 11.0. The number of amides is 1. The minimum atomic E-state index is 0.229. The fraction of sp³-hybridized carbons (Fsp3) is 0.522. The number of carbonyl (C=O) groups is 1. The number of hydrogen-bond donors (Lipinski definition) is 2. The van der Waals surface area contributed by atoms with Crippen molar-refractivity contribution in [1.29, 1.82) is 0 Å². The van der Waals surface area contributed by atoms with E-state index >= 15 is 0 Å². The van der Waals surface area contributed by atoms with Gasteiger partial charge in [0.25, 0.3) is 0 Å². The van der Waals surface area contributed by atoms with Crippen molar-refractivity contribution in [3.05, 3.63) is 47.8 Å². The summed E-state index contributed by atoms with van der Waals surface area (Å²) in [5, 5.41) is 11.5. The van der Waals surface area contributed by atoms with Gasteiger partial charge in [-0.25, -0.2) is 4.68 Å². The first-order valence-corrected chi connectivity index (χ1v) is 11.0. The number of para-hydroxylation sites is 1. The number of rotatable bonds is 8. The van der Waals surface area contributed by atoms with Crippen molar-refractivity contribution in [3.8, 4) is 5.69 Å². The van der Waals surface area contributed by atoms with Crippen LogP contribution in [-0.4, -0.2) is 58.8 Å². The number of aryl methyl sites for hydroxylation is 2. The third-order valence-corrected chi connectivity index (χ3v) is 5.42. The first kappa shape index (κ1) is 21.9. The zero-order valence-electron chi connectivity index (χ0n) is 18.4. The van der Waals surface area contributed by atoms with Crippen LogP contribution in [0.3, 0.4) is 0 Å². The highest BCUT2D eigenvalue weighted by Crippen LogP contribution is 2.14. The summed E-state index contributed by atoms with van der Waals surface area (Å²) in [6, 6.07) is 10.5. The number of nitrogens with one attached hydrogen (secondary N) is 2. The van der Waals surface area contributed by atoms with E-state index in [2.05, 4.69) is 47.9 Å². The number of likely N-dealkylation sites (tertiary alicyclic amines) is 1. The molecule has 1 aliphatic rings. The van der Waals surface area contributed by atoms with E-state index in [4.69, 9.17) is 4.99 Å². The third kappa shape index (κ3) is 5.84. The van der Waals surface area contributed by atoms with E-state index in [1.54, 1.807) is 0 Å². The molecule has 0 radical (unpaired) electrons. The summed E-state index contributed by atoms with van der Waals surface area (Å²) in [6.45, 7) is 9.20. The molecule has 1 unspecified atom stereocenters. The molecule has 0 spiro atoms. The van der Waals surface area contributed by atoms with Crippen LogP contribution in [0.4, 0.5) is 0 Å². The Labute approximate surface area is 179 Å². The zero-order valence-corrected chi connectivity index (χ0v) is 18.4. The Kier molecular flexibility index (Phi) is 7.88. The topological polar surface area (TPSA) is 74.6 Å². The standard InChI is InChI=1S/C23H34N6O/c1-4-22(30)28-15-13-20(17-28)26-23(24-5-2)25-14-9-10-19-16-29(27-18(19)3)21-11-7-6-8-12-21/h6-8,11-12,16,20H,4-5,9-10,13-15,17H2,1-3H3,(H2,24,25,26). The monoisotopic (exact) mass is 410 g/mol. The van der Waals surface area contributed by atoms with E-state index in [1.807, 2.05) is 34.7 Å². The van der Waals surface area contributed by atoms with Crippen LogP contribution in [0.15, 0.2) is 41.5 Å². The van der Waals surface area contributed by atoms with E-state index in [0.717, 1.165) is 62.8 Å². The molecule has 7 nitrogen and oxygen atoms in total. The summed E-state index contributed by atoms with van der Waals surface area (Å²) >= 11 is 0. The molecule has 2 aromatic rings. The highest BCUT2D eigenvalue weighted by Gasteiger charge is 2.25. The molecule has 1 atom stereocenters. The lowest BCUT2D eigenvalue weighted by Gasteiger charge is -2.18. The molecule has 0 saturated carbocycles. The van der Waals surface area contributed by atoms with Gasteiger partial charge in [-0.1, -0.05) is 25.1 Å². The van der Waals surface area contributed by atoms with Crippen molar-refractivity contribution in [2.24, 2.45) is 4.99 Å². The molecule has 30 heavy (non-hydrogen) atoms. The Bertz CT molecular complexity index is 845. The van der Waals surface area contributed by atoms with Crippen LogP contribution in [0.2, 0.25) is 0 Å². The van der Waals surface area contributed by atoms with Crippen LogP contribution in [0.25, 0.3) is 5.69 Å². The molecule has 1 aliphatic heterocycles. The fourth-order valence-electron chi connectivity index (χ4n) is 3.76. The van der Waals surface area contributed by atoms with Crippen molar-refractivity contribution in [1.82, 2.24) is 25.3 Å². The molecule has 1 amide bonds. The van der Waals surface area contributed by atoms with Crippen molar-refractivity contribution in [2.75, 3.05) is 26.2 Å². The number of nitrogens with zero attached hydrogens (tertiary/aromatic N) is 4. The van der Waals surface area contributed by atoms with Gasteiger partial charge in [-0.2, -0.15) is 5.10 Å². The second-order valence-electron chi connectivity index (χ2n) is 7.71. The number of aromatic nitrogens is 2. The van der Waals surface area contributed by atoms with Crippen LogP contribution in [0.5, 0.6) is 0 Å². The molecule has 1 saturated heterocycles.